The molecule has 2 heterocycles. The van der Waals surface area contributed by atoms with Gasteiger partial charge >= 0.3 is 0 Å². The van der Waals surface area contributed by atoms with Crippen LogP contribution in [0.1, 0.15) is 18.4 Å². The quantitative estimate of drug-likeness (QED) is 0.831. The van der Waals surface area contributed by atoms with Crippen molar-refractivity contribution in [3.05, 3.63) is 54.4 Å². The number of rotatable bonds is 6. The highest BCUT2D eigenvalue weighted by atomic mass is 16.3. The normalized spacial score (nSPS) is 16.4. The third kappa shape index (κ3) is 4.76. The van der Waals surface area contributed by atoms with Crippen molar-refractivity contribution in [3.63, 3.8) is 0 Å². The first-order chi connectivity index (χ1) is 12.3. The second-order valence-electron chi connectivity index (χ2n) is 6.39. The van der Waals surface area contributed by atoms with Crippen LogP contribution in [0.5, 0.6) is 0 Å². The van der Waals surface area contributed by atoms with Crippen LogP contribution in [0.3, 0.4) is 0 Å². The molecule has 1 saturated heterocycles. The van der Waals surface area contributed by atoms with Crippen LogP contribution in [-0.4, -0.2) is 46.7 Å². The number of carbonyl (C=O) groups is 1. The number of carbonyl (C=O) groups excluding carboxylic acids is 1. The summed E-state index contributed by atoms with van der Waals surface area (Å²) in [6, 6.07) is 11.5. The monoisotopic (exact) mass is 340 g/mol. The van der Waals surface area contributed by atoms with E-state index in [0.29, 0.717) is 6.42 Å². The molecule has 1 amide bonds. The van der Waals surface area contributed by atoms with Crippen LogP contribution < -0.4 is 10.2 Å². The highest BCUT2D eigenvalue weighted by Gasteiger charge is 2.27. The molecule has 6 nitrogen and oxygen atoms in total. The van der Waals surface area contributed by atoms with Crippen LogP contribution in [0.25, 0.3) is 0 Å². The van der Waals surface area contributed by atoms with E-state index in [1.165, 1.54) is 0 Å². The van der Waals surface area contributed by atoms with E-state index in [0.717, 1.165) is 37.4 Å². The number of aliphatic hydroxyl groups excluding tert-OH is 1. The summed E-state index contributed by atoms with van der Waals surface area (Å²) in [5.74, 6) is 0.729. The molecule has 0 bridgehead atoms. The average Bonchev–Trinajstić information content (AvgIpc) is 2.69. The first-order valence-electron chi connectivity index (χ1n) is 8.73. The third-order valence-corrected chi connectivity index (χ3v) is 4.59. The van der Waals surface area contributed by atoms with Gasteiger partial charge in [-0.3, -0.25) is 4.79 Å². The Bertz CT molecular complexity index is 658. The minimum absolute atomic E-state index is 0.0233. The lowest BCUT2D eigenvalue weighted by Crippen LogP contribution is -2.46. The van der Waals surface area contributed by atoms with Gasteiger partial charge in [-0.1, -0.05) is 30.3 Å². The molecule has 1 aromatic heterocycles. The van der Waals surface area contributed by atoms with Gasteiger partial charge in [-0.25, -0.2) is 9.97 Å². The third-order valence-electron chi connectivity index (χ3n) is 4.59. The Balaban J connectivity index is 1.50. The summed E-state index contributed by atoms with van der Waals surface area (Å²) in [6.07, 6.45) is 5.65. The summed E-state index contributed by atoms with van der Waals surface area (Å²) in [6.45, 7) is 1.48. The smallest absolute Gasteiger partial charge is 0.225 e. The van der Waals surface area contributed by atoms with Gasteiger partial charge in [0.1, 0.15) is 0 Å². The molecular weight excluding hydrogens is 316 g/mol. The SMILES string of the molecule is O=C(N[C@H](CO)Cc1ccccc1)C1CCN(c2ncccn2)CC1. The average molecular weight is 340 g/mol. The Morgan fingerprint density at radius 3 is 2.48 bits per heavy atom. The predicted octanol–water partition coefficient (Wildman–Crippen LogP) is 1.41. The van der Waals surface area contributed by atoms with Crippen LogP contribution in [0.2, 0.25) is 0 Å². The summed E-state index contributed by atoms with van der Waals surface area (Å²) < 4.78 is 0. The van der Waals surface area contributed by atoms with Gasteiger partial charge in [-0.15, -0.1) is 0 Å². The molecular formula is C19H24N4O2. The molecule has 6 heteroatoms. The minimum Gasteiger partial charge on any atom is -0.394 e. The number of aromatic nitrogens is 2. The number of piperidine rings is 1. The standard InChI is InChI=1S/C19H24N4O2/c24-14-17(13-15-5-2-1-3-6-15)22-18(25)16-7-11-23(12-8-16)19-20-9-4-10-21-19/h1-6,9-10,16-17,24H,7-8,11-14H2,(H,22,25)/t17-/m0/s1. The Labute approximate surface area is 147 Å². The zero-order chi connectivity index (χ0) is 17.5. The number of benzene rings is 1. The van der Waals surface area contributed by atoms with E-state index >= 15 is 0 Å². The molecule has 0 unspecified atom stereocenters. The summed E-state index contributed by atoms with van der Waals surface area (Å²) in [4.78, 5) is 23.2. The Kier molecular flexibility index (Phi) is 5.95. The van der Waals surface area contributed by atoms with Gasteiger partial charge in [0.05, 0.1) is 12.6 Å². The van der Waals surface area contributed by atoms with Gasteiger partial charge in [-0.05, 0) is 30.9 Å². The Hall–Kier alpha value is -2.47. The van der Waals surface area contributed by atoms with Crippen molar-refractivity contribution in [2.75, 3.05) is 24.6 Å². The van der Waals surface area contributed by atoms with Crippen molar-refractivity contribution < 1.29 is 9.90 Å². The number of nitrogens with one attached hydrogen (secondary N) is 1. The molecule has 2 N–H and O–H groups in total. The van der Waals surface area contributed by atoms with Gasteiger partial charge in [0.15, 0.2) is 0 Å². The summed E-state index contributed by atoms with van der Waals surface area (Å²) in [7, 11) is 0. The van der Waals surface area contributed by atoms with E-state index in [9.17, 15) is 9.90 Å². The molecule has 1 aliphatic rings. The maximum absolute atomic E-state index is 12.5. The lowest BCUT2D eigenvalue weighted by atomic mass is 9.95. The van der Waals surface area contributed by atoms with E-state index < -0.39 is 0 Å². The van der Waals surface area contributed by atoms with Crippen molar-refractivity contribution in [2.45, 2.75) is 25.3 Å². The zero-order valence-corrected chi connectivity index (χ0v) is 14.2. The first-order valence-corrected chi connectivity index (χ1v) is 8.73. The van der Waals surface area contributed by atoms with Crippen molar-refractivity contribution in [3.8, 4) is 0 Å². The number of hydrogen-bond donors (Lipinski definition) is 2. The zero-order valence-electron chi connectivity index (χ0n) is 14.2. The lowest BCUT2D eigenvalue weighted by Gasteiger charge is -2.32. The van der Waals surface area contributed by atoms with Gasteiger partial charge in [0.25, 0.3) is 0 Å². The van der Waals surface area contributed by atoms with Crippen LogP contribution in [0, 0.1) is 5.92 Å². The molecule has 3 rings (SSSR count). The van der Waals surface area contributed by atoms with E-state index in [-0.39, 0.29) is 24.5 Å². The lowest BCUT2D eigenvalue weighted by molar-refractivity contribution is -0.126. The van der Waals surface area contributed by atoms with Crippen LogP contribution in [0.15, 0.2) is 48.8 Å². The molecule has 0 radical (unpaired) electrons. The van der Waals surface area contributed by atoms with Crippen molar-refractivity contribution in [1.29, 1.82) is 0 Å². The number of nitrogens with zero attached hydrogens (tertiary/aromatic N) is 3. The van der Waals surface area contributed by atoms with Gasteiger partial charge < -0.3 is 15.3 Å². The molecule has 0 aliphatic carbocycles. The maximum atomic E-state index is 12.5. The van der Waals surface area contributed by atoms with E-state index in [2.05, 4.69) is 20.2 Å². The highest BCUT2D eigenvalue weighted by molar-refractivity contribution is 5.79. The fourth-order valence-corrected chi connectivity index (χ4v) is 3.18. The van der Waals surface area contributed by atoms with E-state index in [4.69, 9.17) is 0 Å². The Morgan fingerprint density at radius 1 is 1.16 bits per heavy atom. The topological polar surface area (TPSA) is 78.4 Å². The molecule has 132 valence electrons. The second kappa shape index (κ2) is 8.58. The van der Waals surface area contributed by atoms with Crippen molar-refractivity contribution >= 4 is 11.9 Å². The summed E-state index contributed by atoms with van der Waals surface area (Å²) in [5, 5.41) is 12.6. The summed E-state index contributed by atoms with van der Waals surface area (Å²) >= 11 is 0. The number of amides is 1. The molecule has 0 saturated carbocycles. The van der Waals surface area contributed by atoms with Gasteiger partial charge in [-0.2, -0.15) is 0 Å². The molecule has 1 fully saturated rings. The van der Waals surface area contributed by atoms with Gasteiger partial charge in [0.2, 0.25) is 11.9 Å². The fourth-order valence-electron chi connectivity index (χ4n) is 3.18. The summed E-state index contributed by atoms with van der Waals surface area (Å²) in [5.41, 5.74) is 1.11. The second-order valence-corrected chi connectivity index (χ2v) is 6.39. The molecule has 1 aliphatic heterocycles. The van der Waals surface area contributed by atoms with Crippen molar-refractivity contribution in [2.24, 2.45) is 5.92 Å². The van der Waals surface area contributed by atoms with Crippen LogP contribution in [0.4, 0.5) is 5.95 Å². The van der Waals surface area contributed by atoms with Gasteiger partial charge in [0, 0.05) is 31.4 Å². The number of aliphatic hydroxyl groups is 1. The molecule has 1 atom stereocenters. The molecule has 1 aromatic carbocycles. The largest absolute Gasteiger partial charge is 0.394 e. The van der Waals surface area contributed by atoms with E-state index in [1.54, 1.807) is 18.5 Å². The van der Waals surface area contributed by atoms with E-state index in [1.807, 2.05) is 30.3 Å². The van der Waals surface area contributed by atoms with Crippen LogP contribution in [-0.2, 0) is 11.2 Å². The van der Waals surface area contributed by atoms with Crippen LogP contribution >= 0.6 is 0 Å². The maximum Gasteiger partial charge on any atom is 0.225 e. The van der Waals surface area contributed by atoms with Crippen molar-refractivity contribution in [1.82, 2.24) is 15.3 Å². The minimum atomic E-state index is -0.245. The number of hydrogen-bond acceptors (Lipinski definition) is 5. The molecule has 25 heavy (non-hydrogen) atoms. The number of anilines is 1. The molecule has 0 spiro atoms. The highest BCUT2D eigenvalue weighted by Crippen LogP contribution is 2.20. The molecule has 2 aromatic rings. The predicted molar refractivity (Wildman–Crippen MR) is 96.1 cm³/mol. The fraction of sp³-hybridized carbons (Fsp3) is 0.421. The first kappa shape index (κ1) is 17.4. The Morgan fingerprint density at radius 2 is 1.84 bits per heavy atom.